The zero-order valence-corrected chi connectivity index (χ0v) is 16.0. The first-order valence-corrected chi connectivity index (χ1v) is 10.1. The Balaban J connectivity index is 1.73. The van der Waals surface area contributed by atoms with Crippen molar-refractivity contribution >= 4 is 44.9 Å². The second-order valence-electron chi connectivity index (χ2n) is 5.63. The number of nitrogens with one attached hydrogen (secondary N) is 1. The van der Waals surface area contributed by atoms with Crippen molar-refractivity contribution in [3.63, 3.8) is 0 Å². The van der Waals surface area contributed by atoms with E-state index in [0.29, 0.717) is 21.9 Å². The molecule has 0 fully saturated rings. The van der Waals surface area contributed by atoms with Crippen molar-refractivity contribution < 1.29 is 4.79 Å². The molecule has 0 saturated carbocycles. The molecule has 0 radical (unpaired) electrons. The third-order valence-corrected chi connectivity index (χ3v) is 5.62. The van der Waals surface area contributed by atoms with Crippen molar-refractivity contribution in [2.24, 2.45) is 0 Å². The fraction of sp³-hybridized carbons (Fsp3) is 0.211. The van der Waals surface area contributed by atoms with Gasteiger partial charge in [0.15, 0.2) is 5.16 Å². The van der Waals surface area contributed by atoms with Gasteiger partial charge in [-0.25, -0.2) is 4.98 Å². The number of hydrogen-bond acceptors (Lipinski definition) is 5. The summed E-state index contributed by atoms with van der Waals surface area (Å²) in [5.41, 5.74) is 1.88. The van der Waals surface area contributed by atoms with Crippen LogP contribution < -0.4 is 10.9 Å². The fourth-order valence-electron chi connectivity index (χ4n) is 2.48. The van der Waals surface area contributed by atoms with Crippen LogP contribution in [0.3, 0.4) is 0 Å². The molecule has 3 aromatic rings. The van der Waals surface area contributed by atoms with Gasteiger partial charge >= 0.3 is 0 Å². The molecule has 134 valence electrons. The molecular weight excluding hydrogens is 366 g/mol. The Morgan fingerprint density at radius 1 is 1.35 bits per heavy atom. The number of fused-ring (bicyclic) bond motifs is 1. The van der Waals surface area contributed by atoms with Crippen LogP contribution >= 0.6 is 23.1 Å². The molecule has 0 unspecified atom stereocenters. The molecule has 0 atom stereocenters. The summed E-state index contributed by atoms with van der Waals surface area (Å²) in [6, 6.07) is 9.56. The summed E-state index contributed by atoms with van der Waals surface area (Å²) in [4.78, 5) is 30.0. The zero-order chi connectivity index (χ0) is 18.5. The highest BCUT2D eigenvalue weighted by Crippen LogP contribution is 2.21. The van der Waals surface area contributed by atoms with Crippen LogP contribution in [0.4, 0.5) is 5.69 Å². The highest BCUT2D eigenvalue weighted by molar-refractivity contribution is 7.99. The number of carbonyl (C=O) groups excluding carboxylic acids is 1. The molecule has 0 spiro atoms. The number of aryl methyl sites for hydroxylation is 1. The van der Waals surface area contributed by atoms with Crippen LogP contribution in [-0.2, 0) is 17.8 Å². The number of thioether (sulfide) groups is 1. The van der Waals surface area contributed by atoms with Crippen molar-refractivity contribution in [3.8, 4) is 0 Å². The van der Waals surface area contributed by atoms with Crippen molar-refractivity contribution in [3.05, 3.63) is 64.3 Å². The molecular formula is C19H19N3O2S2. The molecule has 1 amide bonds. The molecule has 7 heteroatoms. The molecule has 26 heavy (non-hydrogen) atoms. The van der Waals surface area contributed by atoms with E-state index in [4.69, 9.17) is 0 Å². The summed E-state index contributed by atoms with van der Waals surface area (Å²) in [5.74, 6) is 0.0423. The smallest absolute Gasteiger partial charge is 0.263 e. The van der Waals surface area contributed by atoms with E-state index in [1.54, 1.807) is 16.7 Å². The normalized spacial score (nSPS) is 10.8. The third-order valence-electron chi connectivity index (χ3n) is 3.84. The number of nitrogens with zero attached hydrogens (tertiary/aromatic N) is 2. The number of benzene rings is 1. The second kappa shape index (κ2) is 8.33. The van der Waals surface area contributed by atoms with E-state index in [2.05, 4.69) is 23.8 Å². The van der Waals surface area contributed by atoms with Gasteiger partial charge in [-0.3, -0.25) is 14.2 Å². The lowest BCUT2D eigenvalue weighted by molar-refractivity contribution is -0.113. The number of amides is 1. The van der Waals surface area contributed by atoms with E-state index in [0.717, 1.165) is 12.1 Å². The minimum absolute atomic E-state index is 0.103. The number of rotatable bonds is 7. The van der Waals surface area contributed by atoms with Gasteiger partial charge in [-0.15, -0.1) is 17.9 Å². The van der Waals surface area contributed by atoms with E-state index >= 15 is 0 Å². The summed E-state index contributed by atoms with van der Waals surface area (Å²) in [7, 11) is 0. The predicted octanol–water partition coefficient (Wildman–Crippen LogP) is 3.94. The zero-order valence-electron chi connectivity index (χ0n) is 14.4. The lowest BCUT2D eigenvalue weighted by atomic mass is 10.1. The monoisotopic (exact) mass is 385 g/mol. The molecule has 2 aromatic heterocycles. The SMILES string of the molecule is C=CCn1c(SCC(=O)Nc2ccc(CC)cc2)nc2sccc2c1=O. The third kappa shape index (κ3) is 4.05. The highest BCUT2D eigenvalue weighted by atomic mass is 32.2. The minimum atomic E-state index is -0.134. The van der Waals surface area contributed by atoms with Crippen molar-refractivity contribution in [2.45, 2.75) is 25.0 Å². The number of thiophene rings is 1. The molecule has 2 heterocycles. The van der Waals surface area contributed by atoms with E-state index in [1.165, 1.54) is 28.7 Å². The Hall–Kier alpha value is -2.38. The highest BCUT2D eigenvalue weighted by Gasteiger charge is 2.13. The topological polar surface area (TPSA) is 64.0 Å². The van der Waals surface area contributed by atoms with Gasteiger partial charge in [0.25, 0.3) is 5.56 Å². The average Bonchev–Trinajstić information content (AvgIpc) is 3.12. The predicted molar refractivity (Wildman–Crippen MR) is 109 cm³/mol. The van der Waals surface area contributed by atoms with Crippen LogP contribution in [0.5, 0.6) is 0 Å². The van der Waals surface area contributed by atoms with Crippen LogP contribution in [0.15, 0.2) is 58.3 Å². The molecule has 5 nitrogen and oxygen atoms in total. The molecule has 1 aromatic carbocycles. The standard InChI is InChI=1S/C19H19N3O2S2/c1-3-10-22-18(24)15-9-11-25-17(15)21-19(22)26-12-16(23)20-14-7-5-13(4-2)6-8-14/h3,5-9,11H,1,4,10,12H2,2H3,(H,20,23). The average molecular weight is 386 g/mol. The van der Waals surface area contributed by atoms with Gasteiger partial charge in [-0.2, -0.15) is 0 Å². The maximum atomic E-state index is 12.6. The number of allylic oxidation sites excluding steroid dienone is 1. The van der Waals surface area contributed by atoms with E-state index in [-0.39, 0.29) is 17.2 Å². The Morgan fingerprint density at radius 3 is 2.81 bits per heavy atom. The summed E-state index contributed by atoms with van der Waals surface area (Å²) < 4.78 is 1.55. The quantitative estimate of drug-likeness (QED) is 0.380. The van der Waals surface area contributed by atoms with Crippen molar-refractivity contribution in [1.29, 1.82) is 0 Å². The summed E-state index contributed by atoms with van der Waals surface area (Å²) >= 11 is 2.67. The van der Waals surface area contributed by atoms with Crippen molar-refractivity contribution in [2.75, 3.05) is 11.1 Å². The maximum Gasteiger partial charge on any atom is 0.263 e. The Bertz CT molecular complexity index is 990. The van der Waals surface area contributed by atoms with Gasteiger partial charge in [-0.05, 0) is 35.6 Å². The molecule has 0 aliphatic heterocycles. The Kier molecular flexibility index (Phi) is 5.90. The Labute approximate surface area is 159 Å². The first kappa shape index (κ1) is 18.4. The first-order chi connectivity index (χ1) is 12.6. The van der Waals surface area contributed by atoms with E-state index in [9.17, 15) is 9.59 Å². The number of hydrogen-bond donors (Lipinski definition) is 1. The van der Waals surface area contributed by atoms with Crippen LogP contribution in [0.1, 0.15) is 12.5 Å². The number of carbonyl (C=O) groups is 1. The fourth-order valence-corrected chi connectivity index (χ4v) is 4.10. The lowest BCUT2D eigenvalue weighted by Gasteiger charge is -2.10. The van der Waals surface area contributed by atoms with Crippen LogP contribution in [0, 0.1) is 0 Å². The Morgan fingerprint density at radius 2 is 2.12 bits per heavy atom. The van der Waals surface area contributed by atoms with Gasteiger partial charge in [0.2, 0.25) is 5.91 Å². The molecule has 0 aliphatic carbocycles. The van der Waals surface area contributed by atoms with Gasteiger partial charge in [0.1, 0.15) is 4.83 Å². The maximum absolute atomic E-state index is 12.6. The van der Waals surface area contributed by atoms with Crippen LogP contribution in [0.2, 0.25) is 0 Å². The van der Waals surface area contributed by atoms with Gasteiger partial charge in [0.05, 0.1) is 11.1 Å². The van der Waals surface area contributed by atoms with E-state index in [1.807, 2.05) is 29.6 Å². The summed E-state index contributed by atoms with van der Waals surface area (Å²) in [6.07, 6.45) is 2.61. The largest absolute Gasteiger partial charge is 0.325 e. The van der Waals surface area contributed by atoms with Crippen LogP contribution in [0.25, 0.3) is 10.2 Å². The molecule has 0 aliphatic rings. The van der Waals surface area contributed by atoms with Crippen molar-refractivity contribution in [1.82, 2.24) is 9.55 Å². The van der Waals surface area contributed by atoms with Gasteiger partial charge in [-0.1, -0.05) is 36.9 Å². The number of anilines is 1. The summed E-state index contributed by atoms with van der Waals surface area (Å²) in [5, 5.41) is 5.84. The molecule has 3 rings (SSSR count). The minimum Gasteiger partial charge on any atom is -0.325 e. The van der Waals surface area contributed by atoms with Gasteiger partial charge in [0, 0.05) is 12.2 Å². The first-order valence-electron chi connectivity index (χ1n) is 8.23. The molecule has 0 saturated heterocycles. The number of aromatic nitrogens is 2. The lowest BCUT2D eigenvalue weighted by Crippen LogP contribution is -2.23. The van der Waals surface area contributed by atoms with E-state index < -0.39 is 0 Å². The summed E-state index contributed by atoms with van der Waals surface area (Å²) in [6.45, 7) is 6.15. The molecule has 1 N–H and O–H groups in total. The molecule has 0 bridgehead atoms. The van der Waals surface area contributed by atoms with Crippen LogP contribution in [-0.4, -0.2) is 21.2 Å². The van der Waals surface area contributed by atoms with Gasteiger partial charge < -0.3 is 5.32 Å². The second-order valence-corrected chi connectivity index (χ2v) is 7.46.